The van der Waals surface area contributed by atoms with Crippen LogP contribution < -0.4 is 5.32 Å². The van der Waals surface area contributed by atoms with E-state index in [2.05, 4.69) is 17.1 Å². The number of nitrogens with zero attached hydrogens (tertiary/aromatic N) is 1. The van der Waals surface area contributed by atoms with E-state index in [-0.39, 0.29) is 18.3 Å². The zero-order valence-electron chi connectivity index (χ0n) is 10.9. The Kier molecular flexibility index (Phi) is 9.50. The maximum absolute atomic E-state index is 12.0. The van der Waals surface area contributed by atoms with Crippen LogP contribution in [0.25, 0.3) is 0 Å². The number of rotatable bonds is 7. The van der Waals surface area contributed by atoms with Crippen LogP contribution in [0.4, 0.5) is 0 Å². The maximum atomic E-state index is 12.0. The summed E-state index contributed by atoms with van der Waals surface area (Å²) in [4.78, 5) is 14.1. The molecule has 1 aliphatic heterocycles. The summed E-state index contributed by atoms with van der Waals surface area (Å²) in [6, 6.07) is 0.412. The molecule has 102 valence electrons. The van der Waals surface area contributed by atoms with Gasteiger partial charge < -0.3 is 15.0 Å². The van der Waals surface area contributed by atoms with Crippen LogP contribution in [-0.4, -0.2) is 50.2 Å². The highest BCUT2D eigenvalue weighted by atomic mass is 35.5. The van der Waals surface area contributed by atoms with Gasteiger partial charge in [0.05, 0.1) is 0 Å². The van der Waals surface area contributed by atoms with Gasteiger partial charge in [-0.25, -0.2) is 0 Å². The molecule has 1 saturated heterocycles. The van der Waals surface area contributed by atoms with Crippen LogP contribution in [0.1, 0.15) is 32.6 Å². The molecule has 1 fully saturated rings. The van der Waals surface area contributed by atoms with E-state index in [0.29, 0.717) is 19.1 Å². The summed E-state index contributed by atoms with van der Waals surface area (Å²) < 4.78 is 4.97. The molecule has 17 heavy (non-hydrogen) atoms. The Labute approximate surface area is 110 Å². The SMILES string of the molecule is CCCN(C(=O)CCCOC)C1CCNC1.Cl. The van der Waals surface area contributed by atoms with Crippen molar-refractivity contribution in [3.8, 4) is 0 Å². The standard InChI is InChI=1S/C12H24N2O2.ClH/c1-3-8-14(11-6-7-13-10-11)12(15)5-4-9-16-2;/h11,13H,3-10H2,1-2H3;1H. The van der Waals surface area contributed by atoms with Crippen LogP contribution in [0.3, 0.4) is 0 Å². The van der Waals surface area contributed by atoms with E-state index in [1.54, 1.807) is 7.11 Å². The summed E-state index contributed by atoms with van der Waals surface area (Å²) in [7, 11) is 1.68. The summed E-state index contributed by atoms with van der Waals surface area (Å²) in [5.74, 6) is 0.285. The van der Waals surface area contributed by atoms with E-state index in [1.165, 1.54) is 0 Å². The van der Waals surface area contributed by atoms with Crippen molar-refractivity contribution in [2.75, 3.05) is 33.4 Å². The van der Waals surface area contributed by atoms with Crippen LogP contribution in [0.15, 0.2) is 0 Å². The average molecular weight is 265 g/mol. The smallest absolute Gasteiger partial charge is 0.222 e. The molecule has 0 saturated carbocycles. The third-order valence-electron chi connectivity index (χ3n) is 3.00. The van der Waals surface area contributed by atoms with Gasteiger partial charge in [0.2, 0.25) is 5.91 Å². The van der Waals surface area contributed by atoms with Gasteiger partial charge >= 0.3 is 0 Å². The van der Waals surface area contributed by atoms with Gasteiger partial charge in [0.1, 0.15) is 0 Å². The summed E-state index contributed by atoms with van der Waals surface area (Å²) in [6.45, 7) is 5.68. The first-order valence-corrected chi connectivity index (χ1v) is 6.28. The van der Waals surface area contributed by atoms with Crippen LogP contribution in [0.2, 0.25) is 0 Å². The fourth-order valence-electron chi connectivity index (χ4n) is 2.17. The number of ether oxygens (including phenoxy) is 1. The first-order chi connectivity index (χ1) is 7.79. The minimum atomic E-state index is 0. The number of methoxy groups -OCH3 is 1. The minimum Gasteiger partial charge on any atom is -0.385 e. The van der Waals surface area contributed by atoms with Crippen molar-refractivity contribution >= 4 is 18.3 Å². The van der Waals surface area contributed by atoms with E-state index < -0.39 is 0 Å². The highest BCUT2D eigenvalue weighted by Gasteiger charge is 2.25. The first-order valence-electron chi connectivity index (χ1n) is 6.28. The lowest BCUT2D eigenvalue weighted by Gasteiger charge is -2.28. The molecule has 4 nitrogen and oxygen atoms in total. The fourth-order valence-corrected chi connectivity index (χ4v) is 2.17. The highest BCUT2D eigenvalue weighted by Crippen LogP contribution is 2.11. The molecular weight excluding hydrogens is 240 g/mol. The second kappa shape index (κ2) is 9.68. The van der Waals surface area contributed by atoms with E-state index in [0.717, 1.165) is 38.9 Å². The highest BCUT2D eigenvalue weighted by molar-refractivity contribution is 5.85. The van der Waals surface area contributed by atoms with Gasteiger partial charge in [0.25, 0.3) is 0 Å². The summed E-state index contributed by atoms with van der Waals surface area (Å²) >= 11 is 0. The van der Waals surface area contributed by atoms with Crippen molar-refractivity contribution in [1.82, 2.24) is 10.2 Å². The molecule has 1 rings (SSSR count). The molecule has 0 bridgehead atoms. The van der Waals surface area contributed by atoms with Crippen molar-refractivity contribution in [2.24, 2.45) is 0 Å². The van der Waals surface area contributed by atoms with Crippen molar-refractivity contribution in [3.05, 3.63) is 0 Å². The molecule has 1 amide bonds. The van der Waals surface area contributed by atoms with Gasteiger partial charge in [0.15, 0.2) is 0 Å². The van der Waals surface area contributed by atoms with Crippen LogP contribution in [0.5, 0.6) is 0 Å². The Hall–Kier alpha value is -0.320. The zero-order valence-corrected chi connectivity index (χ0v) is 11.7. The summed E-state index contributed by atoms with van der Waals surface area (Å²) in [6.07, 6.45) is 3.57. The number of carbonyl (C=O) groups excluding carboxylic acids is 1. The van der Waals surface area contributed by atoms with Crippen molar-refractivity contribution in [3.63, 3.8) is 0 Å². The van der Waals surface area contributed by atoms with Crippen LogP contribution in [-0.2, 0) is 9.53 Å². The van der Waals surface area contributed by atoms with Gasteiger partial charge in [-0.2, -0.15) is 0 Å². The van der Waals surface area contributed by atoms with Crippen molar-refractivity contribution in [2.45, 2.75) is 38.6 Å². The maximum Gasteiger partial charge on any atom is 0.222 e. The molecule has 0 aromatic carbocycles. The van der Waals surface area contributed by atoms with Gasteiger partial charge in [-0.05, 0) is 25.8 Å². The number of carbonyl (C=O) groups is 1. The summed E-state index contributed by atoms with van der Waals surface area (Å²) in [5.41, 5.74) is 0. The quantitative estimate of drug-likeness (QED) is 0.708. The molecule has 1 heterocycles. The molecule has 0 aromatic rings. The monoisotopic (exact) mass is 264 g/mol. The largest absolute Gasteiger partial charge is 0.385 e. The lowest BCUT2D eigenvalue weighted by molar-refractivity contribution is -0.133. The summed E-state index contributed by atoms with van der Waals surface area (Å²) in [5, 5.41) is 3.31. The van der Waals surface area contributed by atoms with Crippen LogP contribution >= 0.6 is 12.4 Å². The molecule has 1 atom stereocenters. The van der Waals surface area contributed by atoms with Crippen molar-refractivity contribution < 1.29 is 9.53 Å². The number of nitrogens with one attached hydrogen (secondary N) is 1. The Morgan fingerprint density at radius 3 is 2.82 bits per heavy atom. The number of hydrogen-bond donors (Lipinski definition) is 1. The van der Waals surface area contributed by atoms with Crippen LogP contribution in [0, 0.1) is 0 Å². The van der Waals surface area contributed by atoms with E-state index in [4.69, 9.17) is 4.74 Å². The molecule has 0 aliphatic carbocycles. The normalized spacial score (nSPS) is 18.8. The van der Waals surface area contributed by atoms with Gasteiger partial charge in [-0.3, -0.25) is 4.79 Å². The van der Waals surface area contributed by atoms with E-state index in [1.807, 2.05) is 0 Å². The predicted octanol–water partition coefficient (Wildman–Crippen LogP) is 1.44. The van der Waals surface area contributed by atoms with Gasteiger partial charge in [0, 0.05) is 39.3 Å². The number of hydrogen-bond acceptors (Lipinski definition) is 3. The molecule has 5 heteroatoms. The molecule has 0 spiro atoms. The molecule has 1 N–H and O–H groups in total. The Morgan fingerprint density at radius 2 is 2.29 bits per heavy atom. The minimum absolute atomic E-state index is 0. The number of halogens is 1. The lowest BCUT2D eigenvalue weighted by atomic mass is 10.1. The molecule has 1 aliphatic rings. The number of amides is 1. The fraction of sp³-hybridized carbons (Fsp3) is 0.917. The average Bonchev–Trinajstić information content (AvgIpc) is 2.79. The first kappa shape index (κ1) is 16.7. The molecule has 1 unspecified atom stereocenters. The Bertz CT molecular complexity index is 209. The van der Waals surface area contributed by atoms with Crippen molar-refractivity contribution in [1.29, 1.82) is 0 Å². The third kappa shape index (κ3) is 5.70. The zero-order chi connectivity index (χ0) is 11.8. The second-order valence-electron chi connectivity index (χ2n) is 4.33. The van der Waals surface area contributed by atoms with E-state index in [9.17, 15) is 4.79 Å². The Balaban J connectivity index is 0.00000256. The topological polar surface area (TPSA) is 41.6 Å². The van der Waals surface area contributed by atoms with Gasteiger partial charge in [-0.1, -0.05) is 6.92 Å². The lowest BCUT2D eigenvalue weighted by Crippen LogP contribution is -2.42. The molecule has 0 aromatic heterocycles. The second-order valence-corrected chi connectivity index (χ2v) is 4.33. The molecule has 0 radical (unpaired) electrons. The van der Waals surface area contributed by atoms with Gasteiger partial charge in [-0.15, -0.1) is 12.4 Å². The van der Waals surface area contributed by atoms with E-state index >= 15 is 0 Å². The Morgan fingerprint density at radius 1 is 1.53 bits per heavy atom. The predicted molar refractivity (Wildman–Crippen MR) is 71.6 cm³/mol. The third-order valence-corrected chi connectivity index (χ3v) is 3.00. The molecular formula is C12H25ClN2O2.